The normalized spacial score (nSPS) is 14.2. The number of hydrogen-bond acceptors (Lipinski definition) is 6. The number of amides is 3. The number of nitrogens with one attached hydrogen (secondary N) is 4. The van der Waals surface area contributed by atoms with Crippen LogP contribution in [0.25, 0.3) is 0 Å². The summed E-state index contributed by atoms with van der Waals surface area (Å²) in [5.41, 5.74) is 6.73. The van der Waals surface area contributed by atoms with E-state index in [0.29, 0.717) is 54.7 Å². The molecule has 0 spiro atoms. The summed E-state index contributed by atoms with van der Waals surface area (Å²) in [7, 11) is -3.53. The molecule has 3 aromatic carbocycles. The predicted octanol–water partition coefficient (Wildman–Crippen LogP) is 4.17. The summed E-state index contributed by atoms with van der Waals surface area (Å²) in [5.74, 6) is -0.632. The van der Waals surface area contributed by atoms with Gasteiger partial charge in [0.25, 0.3) is 5.91 Å². The fourth-order valence-corrected chi connectivity index (χ4v) is 7.15. The summed E-state index contributed by atoms with van der Waals surface area (Å²) < 4.78 is 26.2. The van der Waals surface area contributed by atoms with Crippen LogP contribution < -0.4 is 21.3 Å². The van der Waals surface area contributed by atoms with Gasteiger partial charge in [0.15, 0.2) is 9.84 Å². The van der Waals surface area contributed by atoms with E-state index in [9.17, 15) is 22.8 Å². The lowest BCUT2D eigenvalue weighted by molar-refractivity contribution is -0.119. The van der Waals surface area contributed by atoms with E-state index in [1.54, 1.807) is 24.3 Å². The number of sulfone groups is 1. The van der Waals surface area contributed by atoms with Crippen LogP contribution in [0.4, 0.5) is 11.4 Å². The van der Waals surface area contributed by atoms with Crippen LogP contribution in [0.3, 0.4) is 0 Å². The molecule has 3 amide bonds. The molecule has 0 unspecified atom stereocenters. The summed E-state index contributed by atoms with van der Waals surface area (Å²) in [6, 6.07) is 16.3. The lowest BCUT2D eigenvalue weighted by atomic mass is 9.98. The van der Waals surface area contributed by atoms with Gasteiger partial charge in [-0.05, 0) is 97.7 Å². The van der Waals surface area contributed by atoms with Gasteiger partial charge in [0, 0.05) is 36.4 Å². The third kappa shape index (κ3) is 6.82. The van der Waals surface area contributed by atoms with Gasteiger partial charge in [0.1, 0.15) is 0 Å². The molecule has 0 bridgehead atoms. The average molecular weight is 589 g/mol. The minimum Gasteiger partial charge on any atom is -0.376 e. The first kappa shape index (κ1) is 29.3. The summed E-state index contributed by atoms with van der Waals surface area (Å²) >= 11 is 0. The molecule has 3 aromatic rings. The highest BCUT2D eigenvalue weighted by molar-refractivity contribution is 7.92. The minimum absolute atomic E-state index is 0.00926. The largest absolute Gasteiger partial charge is 0.376 e. The molecule has 0 atom stereocenters. The second kappa shape index (κ2) is 12.4. The highest BCUT2D eigenvalue weighted by Crippen LogP contribution is 2.35. The quantitative estimate of drug-likeness (QED) is 0.251. The van der Waals surface area contributed by atoms with E-state index in [1.807, 2.05) is 12.1 Å². The number of benzene rings is 3. The average Bonchev–Trinajstić information content (AvgIpc) is 3.76. The van der Waals surface area contributed by atoms with Gasteiger partial charge in [0.05, 0.1) is 16.7 Å². The van der Waals surface area contributed by atoms with Crippen LogP contribution in [-0.4, -0.2) is 37.9 Å². The number of anilines is 2. The van der Waals surface area contributed by atoms with E-state index >= 15 is 0 Å². The van der Waals surface area contributed by atoms with E-state index in [0.717, 1.165) is 12.0 Å². The van der Waals surface area contributed by atoms with Crippen LogP contribution >= 0.6 is 0 Å². The first-order chi connectivity index (χ1) is 20.1. The Hall–Kier alpha value is -4.18. The molecule has 1 aliphatic carbocycles. The van der Waals surface area contributed by atoms with Crippen molar-refractivity contribution in [1.29, 1.82) is 0 Å². The summed E-state index contributed by atoms with van der Waals surface area (Å²) in [6.07, 6.45) is 3.06. The fourth-order valence-electron chi connectivity index (χ4n) is 5.28. The molecule has 0 saturated heterocycles. The SMILES string of the molecule is Cc1cccc(C)c1CCCC(=O)Nc1ccc(S(=O)(=O)C2CC2)c(CNC(=O)CNc2ccc3c(c2)C(=O)NC3)c1. The summed E-state index contributed by atoms with van der Waals surface area (Å²) in [5, 5.41) is 11.0. The van der Waals surface area contributed by atoms with Gasteiger partial charge >= 0.3 is 0 Å². The molecule has 220 valence electrons. The van der Waals surface area contributed by atoms with Crippen molar-refractivity contribution in [3.8, 4) is 0 Å². The molecule has 4 N–H and O–H groups in total. The third-order valence-electron chi connectivity index (χ3n) is 7.81. The molecule has 9 nitrogen and oxygen atoms in total. The Labute approximate surface area is 246 Å². The van der Waals surface area contributed by atoms with Gasteiger partial charge < -0.3 is 21.3 Å². The zero-order chi connectivity index (χ0) is 29.9. The molecule has 2 aliphatic rings. The maximum absolute atomic E-state index is 13.1. The third-order valence-corrected chi connectivity index (χ3v) is 10.2. The van der Waals surface area contributed by atoms with Crippen molar-refractivity contribution in [2.45, 2.75) is 69.2 Å². The van der Waals surface area contributed by atoms with E-state index in [1.165, 1.54) is 22.8 Å². The zero-order valence-electron chi connectivity index (χ0n) is 23.9. The van der Waals surface area contributed by atoms with Crippen LogP contribution in [0.2, 0.25) is 0 Å². The Balaban J connectivity index is 1.20. The van der Waals surface area contributed by atoms with Gasteiger partial charge in [-0.1, -0.05) is 24.3 Å². The van der Waals surface area contributed by atoms with Gasteiger partial charge in [-0.3, -0.25) is 14.4 Å². The van der Waals surface area contributed by atoms with Crippen molar-refractivity contribution in [3.05, 3.63) is 88.0 Å². The van der Waals surface area contributed by atoms with Gasteiger partial charge in [-0.25, -0.2) is 8.42 Å². The number of hydrogen-bond donors (Lipinski definition) is 4. The highest BCUT2D eigenvalue weighted by Gasteiger charge is 2.38. The molecule has 10 heteroatoms. The van der Waals surface area contributed by atoms with Gasteiger partial charge in [0.2, 0.25) is 11.8 Å². The van der Waals surface area contributed by atoms with E-state index in [4.69, 9.17) is 0 Å². The van der Waals surface area contributed by atoms with Crippen molar-refractivity contribution in [2.24, 2.45) is 0 Å². The standard InChI is InChI=1S/C32H36N4O5S/c1-20-5-3-6-21(2)27(20)7-4-8-30(37)36-25-11-14-29(42(40,41)26-12-13-26)23(15-25)18-34-31(38)19-33-24-10-9-22-17-35-32(39)28(22)16-24/h3,5-6,9-11,14-16,26,33H,4,7-8,12-13,17-19H2,1-2H3,(H,34,38)(H,35,39)(H,36,37). The second-order valence-electron chi connectivity index (χ2n) is 11.0. The first-order valence-electron chi connectivity index (χ1n) is 14.3. The minimum atomic E-state index is -3.53. The van der Waals surface area contributed by atoms with E-state index < -0.39 is 15.1 Å². The lowest BCUT2D eigenvalue weighted by Gasteiger charge is -2.15. The number of aryl methyl sites for hydroxylation is 2. The van der Waals surface area contributed by atoms with Crippen LogP contribution in [0.1, 0.15) is 63.9 Å². The Morgan fingerprint density at radius 1 is 0.952 bits per heavy atom. The van der Waals surface area contributed by atoms with Crippen molar-refractivity contribution >= 4 is 38.9 Å². The predicted molar refractivity (Wildman–Crippen MR) is 162 cm³/mol. The fraction of sp³-hybridized carbons (Fsp3) is 0.344. The molecule has 42 heavy (non-hydrogen) atoms. The van der Waals surface area contributed by atoms with Crippen molar-refractivity contribution in [1.82, 2.24) is 10.6 Å². The molecule has 1 fully saturated rings. The summed E-state index contributed by atoms with van der Waals surface area (Å²) in [6.45, 7) is 4.58. The van der Waals surface area contributed by atoms with Crippen molar-refractivity contribution < 1.29 is 22.8 Å². The first-order valence-corrected chi connectivity index (χ1v) is 15.8. The van der Waals surface area contributed by atoms with E-state index in [-0.39, 0.29) is 35.7 Å². The lowest BCUT2D eigenvalue weighted by Crippen LogP contribution is -2.30. The molecular weight excluding hydrogens is 552 g/mol. The number of carbonyl (C=O) groups is 3. The second-order valence-corrected chi connectivity index (χ2v) is 13.2. The Bertz CT molecular complexity index is 1630. The number of carbonyl (C=O) groups excluding carboxylic acids is 3. The molecule has 1 heterocycles. The van der Waals surface area contributed by atoms with Crippen LogP contribution in [0.5, 0.6) is 0 Å². The topological polar surface area (TPSA) is 133 Å². The molecular formula is C32H36N4O5S. The molecule has 1 aliphatic heterocycles. The Kier molecular flexibility index (Phi) is 8.63. The maximum Gasteiger partial charge on any atom is 0.251 e. The van der Waals surface area contributed by atoms with Crippen LogP contribution in [0, 0.1) is 13.8 Å². The Morgan fingerprint density at radius 2 is 1.69 bits per heavy atom. The monoisotopic (exact) mass is 588 g/mol. The van der Waals surface area contributed by atoms with Crippen molar-refractivity contribution in [2.75, 3.05) is 17.2 Å². The van der Waals surface area contributed by atoms with Gasteiger partial charge in [-0.2, -0.15) is 0 Å². The molecule has 0 radical (unpaired) electrons. The van der Waals surface area contributed by atoms with Crippen molar-refractivity contribution in [3.63, 3.8) is 0 Å². The maximum atomic E-state index is 13.1. The van der Waals surface area contributed by atoms with Crippen LogP contribution in [-0.2, 0) is 38.9 Å². The number of rotatable bonds is 12. The zero-order valence-corrected chi connectivity index (χ0v) is 24.7. The highest BCUT2D eigenvalue weighted by atomic mass is 32.2. The molecule has 5 rings (SSSR count). The molecule has 1 saturated carbocycles. The van der Waals surface area contributed by atoms with Gasteiger partial charge in [-0.15, -0.1) is 0 Å². The number of fused-ring (bicyclic) bond motifs is 1. The molecule has 0 aromatic heterocycles. The Morgan fingerprint density at radius 3 is 2.43 bits per heavy atom. The summed E-state index contributed by atoms with van der Waals surface area (Å²) in [4.78, 5) is 37.5. The smallest absolute Gasteiger partial charge is 0.251 e. The van der Waals surface area contributed by atoms with Crippen LogP contribution in [0.15, 0.2) is 59.5 Å². The van der Waals surface area contributed by atoms with E-state index in [2.05, 4.69) is 47.2 Å².